The Morgan fingerprint density at radius 3 is 2.27 bits per heavy atom. The summed E-state index contributed by atoms with van der Waals surface area (Å²) in [6, 6.07) is 0.178. The van der Waals surface area contributed by atoms with Gasteiger partial charge < -0.3 is 24.4 Å². The Bertz CT molecular complexity index is 1330. The highest BCUT2D eigenvalue weighted by atomic mass is 19.1. The summed E-state index contributed by atoms with van der Waals surface area (Å²) in [6.45, 7) is 5.21. The van der Waals surface area contributed by atoms with Crippen molar-refractivity contribution < 1.29 is 37.0 Å². The molecule has 2 aromatic rings. The van der Waals surface area contributed by atoms with E-state index in [1.54, 1.807) is 9.91 Å². The molecule has 2 aliphatic heterocycles. The molecule has 1 aromatic carbocycles. The molecule has 1 N–H and O–H groups in total. The van der Waals surface area contributed by atoms with Gasteiger partial charge >= 0.3 is 0 Å². The molecule has 3 heterocycles. The molecule has 2 amide bonds. The second kappa shape index (κ2) is 11.9. The Kier molecular flexibility index (Phi) is 8.74. The normalized spacial score (nSPS) is 22.1. The first-order valence-corrected chi connectivity index (χ1v) is 13.0. The standard InChI is InChI=1S/C27H33F3N4O6/c1-6-7-8-40-25-21-27(37)32-13-34(15(3)24(39-5)23(38-4)14(32)2)33(21)12-18(22(25)35)26(36)31-11-17-19(29)9-16(28)10-20(17)30/h9-10,12,14-15,23-24H,6-8,11,13H2,1-5H3,(H,31,36)/t14-,15+,23+,24-/m0/s1. The second-order valence-corrected chi connectivity index (χ2v) is 9.86. The van der Waals surface area contributed by atoms with E-state index >= 15 is 0 Å². The first kappa shape index (κ1) is 29.4. The zero-order valence-electron chi connectivity index (χ0n) is 23.0. The molecule has 0 radical (unpaired) electrons. The van der Waals surface area contributed by atoms with E-state index in [0.29, 0.717) is 18.6 Å². The summed E-state index contributed by atoms with van der Waals surface area (Å²) in [4.78, 5) is 42.2. The first-order chi connectivity index (χ1) is 19.0. The average Bonchev–Trinajstić information content (AvgIpc) is 3.00. The van der Waals surface area contributed by atoms with Crippen LogP contribution in [0.3, 0.4) is 0 Å². The number of ether oxygens (including phenoxy) is 3. The molecule has 1 saturated heterocycles. The zero-order chi connectivity index (χ0) is 29.3. The van der Waals surface area contributed by atoms with Crippen molar-refractivity contribution in [3.05, 3.63) is 62.8 Å². The van der Waals surface area contributed by atoms with Crippen LogP contribution >= 0.6 is 0 Å². The van der Waals surface area contributed by atoms with Crippen molar-refractivity contribution in [2.24, 2.45) is 0 Å². The topological polar surface area (TPSA) is 102 Å². The van der Waals surface area contributed by atoms with Gasteiger partial charge in [0.05, 0.1) is 18.7 Å². The number of carbonyl (C=O) groups is 2. The van der Waals surface area contributed by atoms with Crippen LogP contribution in [0.2, 0.25) is 0 Å². The van der Waals surface area contributed by atoms with Crippen LogP contribution in [0.1, 0.15) is 60.0 Å². The summed E-state index contributed by atoms with van der Waals surface area (Å²) in [7, 11) is 3.06. The fourth-order valence-corrected chi connectivity index (χ4v) is 5.22. The Labute approximate surface area is 229 Å². The van der Waals surface area contributed by atoms with E-state index in [2.05, 4.69) is 5.32 Å². The molecule has 0 unspecified atom stereocenters. The van der Waals surface area contributed by atoms with E-state index in [0.717, 1.165) is 6.42 Å². The van der Waals surface area contributed by atoms with E-state index in [4.69, 9.17) is 14.2 Å². The highest BCUT2D eigenvalue weighted by molar-refractivity contribution is 5.99. The predicted octanol–water partition coefficient (Wildman–Crippen LogP) is 2.55. The number of nitrogens with one attached hydrogen (secondary N) is 1. The van der Waals surface area contributed by atoms with Gasteiger partial charge in [-0.05, 0) is 20.3 Å². The first-order valence-electron chi connectivity index (χ1n) is 13.0. The Morgan fingerprint density at radius 2 is 1.68 bits per heavy atom. The lowest BCUT2D eigenvalue weighted by Gasteiger charge is -2.42. The summed E-state index contributed by atoms with van der Waals surface area (Å²) in [5.74, 6) is -5.20. The summed E-state index contributed by atoms with van der Waals surface area (Å²) < 4.78 is 60.3. The van der Waals surface area contributed by atoms with Crippen molar-refractivity contribution in [2.75, 3.05) is 32.5 Å². The fourth-order valence-electron chi connectivity index (χ4n) is 5.22. The lowest BCUT2D eigenvalue weighted by molar-refractivity contribution is -0.0649. The van der Waals surface area contributed by atoms with Gasteiger partial charge in [0.2, 0.25) is 5.43 Å². The van der Waals surface area contributed by atoms with Gasteiger partial charge in [0.25, 0.3) is 11.8 Å². The quantitative estimate of drug-likeness (QED) is 0.466. The molecule has 10 nitrogen and oxygen atoms in total. The van der Waals surface area contributed by atoms with Crippen molar-refractivity contribution >= 4 is 11.8 Å². The maximum atomic E-state index is 14.1. The molecular formula is C27H33F3N4O6. The molecule has 218 valence electrons. The lowest BCUT2D eigenvalue weighted by Crippen LogP contribution is -2.58. The smallest absolute Gasteiger partial charge is 0.278 e. The van der Waals surface area contributed by atoms with Crippen LogP contribution in [0.15, 0.2) is 23.1 Å². The molecule has 2 aliphatic rings. The summed E-state index contributed by atoms with van der Waals surface area (Å²) in [5, 5.41) is 4.09. The number of benzene rings is 1. The van der Waals surface area contributed by atoms with Crippen molar-refractivity contribution in [3.63, 3.8) is 0 Å². The number of hydrogen-bond donors (Lipinski definition) is 1. The van der Waals surface area contributed by atoms with Crippen LogP contribution in [-0.4, -0.2) is 73.2 Å². The summed E-state index contributed by atoms with van der Waals surface area (Å²) in [6.07, 6.45) is 1.57. The number of carbonyl (C=O) groups excluding carboxylic acids is 2. The lowest BCUT2D eigenvalue weighted by atomic mass is 10.0. The van der Waals surface area contributed by atoms with Crippen LogP contribution in [0, 0.1) is 17.5 Å². The van der Waals surface area contributed by atoms with E-state index < -0.39 is 76.7 Å². The van der Waals surface area contributed by atoms with Crippen LogP contribution < -0.4 is 20.5 Å². The van der Waals surface area contributed by atoms with Gasteiger partial charge in [-0.1, -0.05) is 13.3 Å². The Morgan fingerprint density at radius 1 is 1.05 bits per heavy atom. The SMILES string of the molecule is CCCCOc1c2n(cc(C(=O)NCc3c(F)cc(F)cc3F)c1=O)N1CN(C2=O)[C@@H](C)[C@@H](OC)[C@@H](OC)[C@H]1C. The molecule has 0 aliphatic carbocycles. The Hall–Kier alpha value is -3.58. The third-order valence-corrected chi connectivity index (χ3v) is 7.49. The Balaban J connectivity index is 1.81. The summed E-state index contributed by atoms with van der Waals surface area (Å²) >= 11 is 0. The predicted molar refractivity (Wildman–Crippen MR) is 138 cm³/mol. The minimum absolute atomic E-state index is 0.0511. The van der Waals surface area contributed by atoms with E-state index in [9.17, 15) is 27.6 Å². The number of halogens is 3. The van der Waals surface area contributed by atoms with Gasteiger partial charge in [-0.3, -0.25) is 24.1 Å². The van der Waals surface area contributed by atoms with Gasteiger partial charge in [0.15, 0.2) is 11.4 Å². The van der Waals surface area contributed by atoms with Crippen molar-refractivity contribution in [3.8, 4) is 5.75 Å². The van der Waals surface area contributed by atoms with Gasteiger partial charge in [0.1, 0.15) is 41.9 Å². The van der Waals surface area contributed by atoms with Crippen LogP contribution in [0.25, 0.3) is 0 Å². The molecule has 13 heteroatoms. The van der Waals surface area contributed by atoms with Crippen molar-refractivity contribution in [1.82, 2.24) is 14.9 Å². The molecule has 40 heavy (non-hydrogen) atoms. The number of nitrogens with zero attached hydrogens (tertiary/aromatic N) is 3. The molecule has 2 bridgehead atoms. The van der Waals surface area contributed by atoms with E-state index in [-0.39, 0.29) is 24.7 Å². The summed E-state index contributed by atoms with van der Waals surface area (Å²) in [5.41, 5.74) is -1.87. The third kappa shape index (κ3) is 5.15. The van der Waals surface area contributed by atoms with Crippen LogP contribution in [0.4, 0.5) is 13.2 Å². The molecule has 0 saturated carbocycles. The maximum Gasteiger partial charge on any atom is 0.278 e. The van der Waals surface area contributed by atoms with Crippen molar-refractivity contribution in [1.29, 1.82) is 0 Å². The number of fused-ring (bicyclic) bond motifs is 4. The average molecular weight is 567 g/mol. The molecule has 1 aromatic heterocycles. The number of amides is 2. The second-order valence-electron chi connectivity index (χ2n) is 9.86. The van der Waals surface area contributed by atoms with Crippen molar-refractivity contribution in [2.45, 2.75) is 64.4 Å². The highest BCUT2D eigenvalue weighted by Crippen LogP contribution is 2.31. The number of unbranched alkanes of at least 4 members (excludes halogenated alkanes) is 1. The number of rotatable bonds is 9. The largest absolute Gasteiger partial charge is 0.487 e. The number of pyridine rings is 1. The number of methoxy groups -OCH3 is 2. The third-order valence-electron chi connectivity index (χ3n) is 7.49. The minimum atomic E-state index is -1.18. The van der Waals surface area contributed by atoms with Gasteiger partial charge in [-0.2, -0.15) is 0 Å². The van der Waals surface area contributed by atoms with Gasteiger partial charge in [-0.15, -0.1) is 0 Å². The zero-order valence-corrected chi connectivity index (χ0v) is 23.0. The molecular weight excluding hydrogens is 533 g/mol. The number of hydrogen-bond acceptors (Lipinski definition) is 7. The van der Waals surface area contributed by atoms with E-state index in [1.807, 2.05) is 20.8 Å². The fraction of sp³-hybridized carbons (Fsp3) is 0.519. The highest BCUT2D eigenvalue weighted by Gasteiger charge is 2.48. The monoisotopic (exact) mass is 566 g/mol. The van der Waals surface area contributed by atoms with Gasteiger partial charge in [-0.25, -0.2) is 13.2 Å². The molecule has 0 spiro atoms. The number of aromatic nitrogens is 1. The molecule has 4 atom stereocenters. The maximum absolute atomic E-state index is 14.1. The van der Waals surface area contributed by atoms with Gasteiger partial charge in [0, 0.05) is 44.7 Å². The van der Waals surface area contributed by atoms with Crippen LogP contribution in [0.5, 0.6) is 5.75 Å². The minimum Gasteiger partial charge on any atom is -0.487 e. The molecule has 1 fully saturated rings. The van der Waals surface area contributed by atoms with Crippen LogP contribution in [-0.2, 0) is 16.0 Å². The van der Waals surface area contributed by atoms with E-state index in [1.165, 1.54) is 25.1 Å². The molecule has 4 rings (SSSR count).